The number of nitrogens with zero attached hydrogens (tertiary/aromatic N) is 1. The summed E-state index contributed by atoms with van der Waals surface area (Å²) >= 11 is 1.55. The number of furan rings is 1. The summed E-state index contributed by atoms with van der Waals surface area (Å²) in [5, 5.41) is 7.56. The minimum absolute atomic E-state index is 0.210. The quantitative estimate of drug-likeness (QED) is 0.729. The van der Waals surface area contributed by atoms with E-state index in [1.807, 2.05) is 47.8 Å². The smallest absolute Gasteiger partial charge is 0.315 e. The van der Waals surface area contributed by atoms with Crippen molar-refractivity contribution in [3.8, 4) is 11.3 Å². The number of carbonyl (C=O) groups is 1. The maximum atomic E-state index is 11.7. The first-order valence-electron chi connectivity index (χ1n) is 7.34. The van der Waals surface area contributed by atoms with Gasteiger partial charge in [-0.2, -0.15) is 0 Å². The van der Waals surface area contributed by atoms with Crippen LogP contribution in [0.2, 0.25) is 0 Å². The van der Waals surface area contributed by atoms with Crippen LogP contribution in [0.3, 0.4) is 0 Å². The molecule has 6 heteroatoms. The maximum Gasteiger partial charge on any atom is 0.315 e. The van der Waals surface area contributed by atoms with Crippen LogP contribution in [-0.4, -0.2) is 17.6 Å². The van der Waals surface area contributed by atoms with Gasteiger partial charge in [0.2, 0.25) is 0 Å². The van der Waals surface area contributed by atoms with Crippen molar-refractivity contribution in [2.75, 3.05) is 6.54 Å². The van der Waals surface area contributed by atoms with E-state index in [2.05, 4.69) is 15.6 Å². The molecule has 2 N–H and O–H groups in total. The summed E-state index contributed by atoms with van der Waals surface area (Å²) < 4.78 is 5.73. The Morgan fingerprint density at radius 1 is 1.13 bits per heavy atom. The summed E-state index contributed by atoms with van der Waals surface area (Å²) in [7, 11) is 0. The number of amides is 2. The number of hydrogen-bond acceptors (Lipinski definition) is 4. The van der Waals surface area contributed by atoms with Crippen LogP contribution < -0.4 is 10.6 Å². The number of rotatable bonds is 6. The summed E-state index contributed by atoms with van der Waals surface area (Å²) in [4.78, 5) is 15.9. The van der Waals surface area contributed by atoms with Gasteiger partial charge in [-0.1, -0.05) is 30.3 Å². The van der Waals surface area contributed by atoms with Crippen LogP contribution in [-0.2, 0) is 13.0 Å². The van der Waals surface area contributed by atoms with E-state index in [1.54, 1.807) is 16.8 Å². The van der Waals surface area contributed by atoms with E-state index in [4.69, 9.17) is 4.42 Å². The van der Waals surface area contributed by atoms with Crippen LogP contribution >= 0.6 is 11.3 Å². The van der Waals surface area contributed by atoms with Gasteiger partial charge in [0, 0.05) is 23.9 Å². The Morgan fingerprint density at radius 3 is 2.78 bits per heavy atom. The standard InChI is InChI=1S/C17H17N3O2S/c21-17(18-9-8-14-11-23-12-20-14)19-10-15-6-7-16(22-15)13-4-2-1-3-5-13/h1-7,11-12H,8-10H2,(H2,18,19,21). The number of nitrogens with one attached hydrogen (secondary N) is 2. The van der Waals surface area contributed by atoms with Gasteiger partial charge in [0.15, 0.2) is 0 Å². The molecule has 23 heavy (non-hydrogen) atoms. The van der Waals surface area contributed by atoms with E-state index in [0.717, 1.165) is 29.2 Å². The monoisotopic (exact) mass is 327 g/mol. The van der Waals surface area contributed by atoms with E-state index in [-0.39, 0.29) is 6.03 Å². The summed E-state index contributed by atoms with van der Waals surface area (Å²) in [6.07, 6.45) is 0.732. The van der Waals surface area contributed by atoms with E-state index < -0.39 is 0 Å². The molecule has 0 fully saturated rings. The Balaban J connectivity index is 1.43. The second kappa shape index (κ2) is 7.60. The topological polar surface area (TPSA) is 67.2 Å². The van der Waals surface area contributed by atoms with Gasteiger partial charge in [0.1, 0.15) is 11.5 Å². The predicted octanol–water partition coefficient (Wildman–Crippen LogP) is 3.45. The van der Waals surface area contributed by atoms with E-state index in [9.17, 15) is 4.79 Å². The van der Waals surface area contributed by atoms with Crippen LogP contribution in [0.4, 0.5) is 4.79 Å². The minimum Gasteiger partial charge on any atom is -0.459 e. The van der Waals surface area contributed by atoms with Gasteiger partial charge in [-0.05, 0) is 12.1 Å². The molecule has 2 heterocycles. The highest BCUT2D eigenvalue weighted by molar-refractivity contribution is 7.07. The van der Waals surface area contributed by atoms with Gasteiger partial charge in [-0.15, -0.1) is 11.3 Å². The van der Waals surface area contributed by atoms with Crippen molar-refractivity contribution in [2.24, 2.45) is 0 Å². The van der Waals surface area contributed by atoms with Gasteiger partial charge in [-0.3, -0.25) is 0 Å². The molecule has 118 valence electrons. The van der Waals surface area contributed by atoms with Gasteiger partial charge >= 0.3 is 6.03 Å². The predicted molar refractivity (Wildman–Crippen MR) is 90.2 cm³/mol. The number of thiazole rings is 1. The zero-order chi connectivity index (χ0) is 15.9. The molecule has 0 saturated heterocycles. The minimum atomic E-state index is -0.210. The first-order chi connectivity index (χ1) is 11.3. The Labute approximate surface area is 138 Å². The zero-order valence-electron chi connectivity index (χ0n) is 12.5. The van der Waals surface area contributed by atoms with E-state index >= 15 is 0 Å². The molecular weight excluding hydrogens is 310 g/mol. The number of hydrogen-bond donors (Lipinski definition) is 2. The molecule has 2 amide bonds. The lowest BCUT2D eigenvalue weighted by Crippen LogP contribution is -2.36. The highest BCUT2D eigenvalue weighted by atomic mass is 32.1. The van der Waals surface area contributed by atoms with E-state index in [0.29, 0.717) is 13.1 Å². The van der Waals surface area contributed by atoms with Crippen LogP contribution in [0.5, 0.6) is 0 Å². The lowest BCUT2D eigenvalue weighted by atomic mass is 10.2. The van der Waals surface area contributed by atoms with Crippen molar-refractivity contribution in [2.45, 2.75) is 13.0 Å². The Kier molecular flexibility index (Phi) is 5.06. The molecule has 0 saturated carbocycles. The fraction of sp³-hybridized carbons (Fsp3) is 0.176. The molecule has 3 rings (SSSR count). The average Bonchev–Trinajstić information content (AvgIpc) is 3.25. The number of benzene rings is 1. The molecule has 0 bridgehead atoms. The summed E-state index contributed by atoms with van der Waals surface area (Å²) in [5.41, 5.74) is 3.80. The first kappa shape index (κ1) is 15.3. The molecule has 0 aliphatic rings. The van der Waals surface area contributed by atoms with Crippen molar-refractivity contribution in [3.05, 3.63) is 64.8 Å². The van der Waals surface area contributed by atoms with Crippen molar-refractivity contribution in [3.63, 3.8) is 0 Å². The largest absolute Gasteiger partial charge is 0.459 e. The zero-order valence-corrected chi connectivity index (χ0v) is 13.3. The number of urea groups is 1. The third-order valence-electron chi connectivity index (χ3n) is 3.29. The number of aromatic nitrogens is 1. The molecule has 2 aromatic heterocycles. The van der Waals surface area contributed by atoms with Crippen molar-refractivity contribution in [1.82, 2.24) is 15.6 Å². The van der Waals surface area contributed by atoms with Crippen molar-refractivity contribution >= 4 is 17.4 Å². The molecular formula is C17H17N3O2S. The molecule has 0 atom stereocenters. The van der Waals surface area contributed by atoms with Gasteiger partial charge in [0.05, 0.1) is 17.7 Å². The third kappa shape index (κ3) is 4.43. The molecule has 0 spiro atoms. The normalized spacial score (nSPS) is 10.4. The fourth-order valence-corrected chi connectivity index (χ4v) is 2.72. The molecule has 0 aliphatic carbocycles. The van der Waals surface area contributed by atoms with Gasteiger partial charge in [0.25, 0.3) is 0 Å². The summed E-state index contributed by atoms with van der Waals surface area (Å²) in [6, 6.07) is 13.4. The van der Waals surface area contributed by atoms with Crippen molar-refractivity contribution in [1.29, 1.82) is 0 Å². The van der Waals surface area contributed by atoms with Gasteiger partial charge in [-0.25, -0.2) is 9.78 Å². The van der Waals surface area contributed by atoms with Crippen LogP contribution in [0, 0.1) is 0 Å². The fourth-order valence-electron chi connectivity index (χ4n) is 2.13. The highest BCUT2D eigenvalue weighted by Gasteiger charge is 2.06. The van der Waals surface area contributed by atoms with Crippen LogP contribution in [0.15, 0.2) is 57.8 Å². The summed E-state index contributed by atoms with van der Waals surface area (Å²) in [5.74, 6) is 1.52. The van der Waals surface area contributed by atoms with Gasteiger partial charge < -0.3 is 15.1 Å². The van der Waals surface area contributed by atoms with Crippen LogP contribution in [0.25, 0.3) is 11.3 Å². The Hall–Kier alpha value is -2.60. The number of carbonyl (C=O) groups excluding carboxylic acids is 1. The second-order valence-corrected chi connectivity index (χ2v) is 5.69. The van der Waals surface area contributed by atoms with Crippen LogP contribution in [0.1, 0.15) is 11.5 Å². The molecule has 5 nitrogen and oxygen atoms in total. The Bertz CT molecular complexity index is 738. The molecule has 0 aliphatic heterocycles. The first-order valence-corrected chi connectivity index (χ1v) is 8.28. The molecule has 3 aromatic rings. The summed E-state index contributed by atoms with van der Waals surface area (Å²) in [6.45, 7) is 0.915. The molecule has 1 aromatic carbocycles. The maximum absolute atomic E-state index is 11.7. The second-order valence-electron chi connectivity index (χ2n) is 4.97. The average molecular weight is 327 g/mol. The Morgan fingerprint density at radius 2 is 2.00 bits per heavy atom. The van der Waals surface area contributed by atoms with E-state index in [1.165, 1.54) is 0 Å². The molecule has 0 unspecified atom stereocenters. The molecule has 0 radical (unpaired) electrons. The highest BCUT2D eigenvalue weighted by Crippen LogP contribution is 2.21. The third-order valence-corrected chi connectivity index (χ3v) is 3.93. The lowest BCUT2D eigenvalue weighted by Gasteiger charge is -2.05. The van der Waals surface area contributed by atoms with Crippen molar-refractivity contribution < 1.29 is 9.21 Å². The SMILES string of the molecule is O=C(NCCc1cscn1)NCc1ccc(-c2ccccc2)o1. The lowest BCUT2D eigenvalue weighted by molar-refractivity contribution is 0.239.